The molecule has 1 amide bonds. The predicted octanol–water partition coefficient (Wildman–Crippen LogP) is 3.74. The SMILES string of the molecule is CC(=O)c1cccc(S(=O)(=O)NCCC(=O)NC(C)c2ccc(Cl)cc2Cl)c1. The van der Waals surface area contributed by atoms with Crippen LogP contribution in [0, 0.1) is 0 Å². The molecular weight excluding hydrogens is 423 g/mol. The van der Waals surface area contributed by atoms with Gasteiger partial charge in [0.05, 0.1) is 10.9 Å². The number of benzene rings is 2. The lowest BCUT2D eigenvalue weighted by Crippen LogP contribution is -2.32. The molecule has 0 aromatic heterocycles. The summed E-state index contributed by atoms with van der Waals surface area (Å²) < 4.78 is 27.0. The van der Waals surface area contributed by atoms with Gasteiger partial charge in [0.15, 0.2) is 5.78 Å². The zero-order valence-electron chi connectivity index (χ0n) is 15.3. The first kappa shape index (κ1) is 22.4. The first-order valence-electron chi connectivity index (χ1n) is 8.45. The molecule has 0 spiro atoms. The van der Waals surface area contributed by atoms with Crippen LogP contribution in [0.2, 0.25) is 10.0 Å². The smallest absolute Gasteiger partial charge is 0.240 e. The van der Waals surface area contributed by atoms with Crippen molar-refractivity contribution < 1.29 is 18.0 Å². The zero-order valence-corrected chi connectivity index (χ0v) is 17.7. The molecule has 0 saturated heterocycles. The molecule has 150 valence electrons. The Morgan fingerprint density at radius 1 is 1.11 bits per heavy atom. The van der Waals surface area contributed by atoms with Crippen molar-refractivity contribution in [2.75, 3.05) is 6.54 Å². The molecule has 1 atom stereocenters. The Morgan fingerprint density at radius 3 is 2.46 bits per heavy atom. The number of amides is 1. The zero-order chi connectivity index (χ0) is 20.9. The molecule has 28 heavy (non-hydrogen) atoms. The maximum atomic E-state index is 12.3. The average Bonchev–Trinajstić information content (AvgIpc) is 2.61. The van der Waals surface area contributed by atoms with Gasteiger partial charge in [0.1, 0.15) is 0 Å². The number of carbonyl (C=O) groups is 2. The summed E-state index contributed by atoms with van der Waals surface area (Å²) >= 11 is 12.0. The van der Waals surface area contributed by atoms with E-state index >= 15 is 0 Å². The second kappa shape index (κ2) is 9.52. The predicted molar refractivity (Wildman–Crippen MR) is 109 cm³/mol. The number of nitrogens with one attached hydrogen (secondary N) is 2. The Morgan fingerprint density at radius 2 is 1.82 bits per heavy atom. The minimum Gasteiger partial charge on any atom is -0.349 e. The summed E-state index contributed by atoms with van der Waals surface area (Å²) in [6.45, 7) is 3.04. The van der Waals surface area contributed by atoms with E-state index in [9.17, 15) is 18.0 Å². The minimum absolute atomic E-state index is 0.0260. The number of Topliss-reactive ketones (excluding diaryl/α,β-unsaturated/α-hetero) is 1. The van der Waals surface area contributed by atoms with Gasteiger partial charge in [-0.2, -0.15) is 0 Å². The molecule has 2 N–H and O–H groups in total. The molecule has 0 fully saturated rings. The number of ketones is 1. The molecule has 9 heteroatoms. The Hall–Kier alpha value is -1.93. The lowest BCUT2D eigenvalue weighted by Gasteiger charge is -2.16. The van der Waals surface area contributed by atoms with Crippen LogP contribution < -0.4 is 10.0 Å². The number of sulfonamides is 1. The van der Waals surface area contributed by atoms with Crippen molar-refractivity contribution in [3.8, 4) is 0 Å². The third kappa shape index (κ3) is 6.04. The first-order valence-corrected chi connectivity index (χ1v) is 10.7. The van der Waals surface area contributed by atoms with E-state index in [4.69, 9.17) is 23.2 Å². The Bertz CT molecular complexity index is 993. The van der Waals surface area contributed by atoms with Crippen LogP contribution in [0.5, 0.6) is 0 Å². The first-order chi connectivity index (χ1) is 13.1. The number of hydrogen-bond acceptors (Lipinski definition) is 4. The number of carbonyl (C=O) groups excluding carboxylic acids is 2. The van der Waals surface area contributed by atoms with E-state index in [0.29, 0.717) is 21.2 Å². The molecule has 0 aliphatic rings. The maximum Gasteiger partial charge on any atom is 0.240 e. The molecule has 0 heterocycles. The number of rotatable bonds is 8. The Balaban J connectivity index is 1.92. The van der Waals surface area contributed by atoms with Gasteiger partial charge in [0.25, 0.3) is 0 Å². The topological polar surface area (TPSA) is 92.3 Å². The highest BCUT2D eigenvalue weighted by Gasteiger charge is 2.17. The summed E-state index contributed by atoms with van der Waals surface area (Å²) in [7, 11) is -3.82. The van der Waals surface area contributed by atoms with Crippen molar-refractivity contribution in [2.45, 2.75) is 31.2 Å². The monoisotopic (exact) mass is 442 g/mol. The number of halogens is 2. The molecule has 0 bridgehead atoms. The highest BCUT2D eigenvalue weighted by Crippen LogP contribution is 2.26. The van der Waals surface area contributed by atoms with Crippen LogP contribution >= 0.6 is 23.2 Å². The van der Waals surface area contributed by atoms with Crippen LogP contribution in [0.25, 0.3) is 0 Å². The van der Waals surface area contributed by atoms with Crippen LogP contribution in [0.15, 0.2) is 47.4 Å². The standard InChI is InChI=1S/C19H20Cl2N2O4S/c1-12(17-7-6-15(20)11-18(17)21)23-19(25)8-9-22-28(26,27)16-5-3-4-14(10-16)13(2)24/h3-7,10-12,22H,8-9H2,1-2H3,(H,23,25). The Labute approximate surface area is 174 Å². The fourth-order valence-electron chi connectivity index (χ4n) is 2.51. The van der Waals surface area contributed by atoms with Crippen molar-refractivity contribution in [1.82, 2.24) is 10.0 Å². The van der Waals surface area contributed by atoms with E-state index in [-0.39, 0.29) is 35.6 Å². The summed E-state index contributed by atoms with van der Waals surface area (Å²) in [5, 5.41) is 3.69. The van der Waals surface area contributed by atoms with Gasteiger partial charge >= 0.3 is 0 Å². The average molecular weight is 443 g/mol. The molecule has 0 saturated carbocycles. The lowest BCUT2D eigenvalue weighted by molar-refractivity contribution is -0.121. The van der Waals surface area contributed by atoms with Crippen LogP contribution in [0.1, 0.15) is 42.2 Å². The van der Waals surface area contributed by atoms with Crippen LogP contribution in [0.3, 0.4) is 0 Å². The molecule has 1 unspecified atom stereocenters. The minimum atomic E-state index is -3.82. The quantitative estimate of drug-likeness (QED) is 0.608. The van der Waals surface area contributed by atoms with E-state index in [2.05, 4.69) is 10.0 Å². The van der Waals surface area contributed by atoms with Gasteiger partial charge < -0.3 is 5.32 Å². The van der Waals surface area contributed by atoms with Crippen LogP contribution in [-0.4, -0.2) is 26.7 Å². The van der Waals surface area contributed by atoms with Gasteiger partial charge in [0, 0.05) is 28.6 Å². The van der Waals surface area contributed by atoms with E-state index in [0.717, 1.165) is 0 Å². The molecule has 2 rings (SSSR count). The van der Waals surface area contributed by atoms with E-state index in [1.165, 1.54) is 31.2 Å². The van der Waals surface area contributed by atoms with Crippen LogP contribution in [0.4, 0.5) is 0 Å². The van der Waals surface area contributed by atoms with Gasteiger partial charge in [-0.3, -0.25) is 9.59 Å². The van der Waals surface area contributed by atoms with Gasteiger partial charge in [-0.25, -0.2) is 13.1 Å². The summed E-state index contributed by atoms with van der Waals surface area (Å²) in [6.07, 6.45) is -0.0544. The van der Waals surface area contributed by atoms with Crippen molar-refractivity contribution in [1.29, 1.82) is 0 Å². The molecule has 2 aromatic rings. The second-order valence-corrected chi connectivity index (χ2v) is 8.80. The fourth-order valence-corrected chi connectivity index (χ4v) is 4.16. The summed E-state index contributed by atoms with van der Waals surface area (Å²) in [5.74, 6) is -0.565. The number of hydrogen-bond donors (Lipinski definition) is 2. The van der Waals surface area contributed by atoms with Crippen molar-refractivity contribution in [3.63, 3.8) is 0 Å². The molecule has 2 aromatic carbocycles. The van der Waals surface area contributed by atoms with Gasteiger partial charge in [-0.15, -0.1) is 0 Å². The third-order valence-electron chi connectivity index (χ3n) is 4.00. The van der Waals surface area contributed by atoms with Crippen molar-refractivity contribution in [3.05, 3.63) is 63.6 Å². The highest BCUT2D eigenvalue weighted by atomic mass is 35.5. The van der Waals surface area contributed by atoms with E-state index in [1.54, 1.807) is 25.1 Å². The van der Waals surface area contributed by atoms with Crippen molar-refractivity contribution in [2.24, 2.45) is 0 Å². The van der Waals surface area contributed by atoms with Gasteiger partial charge in [0.2, 0.25) is 15.9 Å². The third-order valence-corrected chi connectivity index (χ3v) is 6.02. The Kier molecular flexibility index (Phi) is 7.60. The second-order valence-electron chi connectivity index (χ2n) is 6.19. The highest BCUT2D eigenvalue weighted by molar-refractivity contribution is 7.89. The van der Waals surface area contributed by atoms with Crippen molar-refractivity contribution >= 4 is 44.9 Å². The van der Waals surface area contributed by atoms with Gasteiger partial charge in [-0.1, -0.05) is 41.4 Å². The van der Waals surface area contributed by atoms with Crippen LogP contribution in [-0.2, 0) is 14.8 Å². The molecule has 6 nitrogen and oxygen atoms in total. The molecule has 0 radical (unpaired) electrons. The lowest BCUT2D eigenvalue weighted by atomic mass is 10.1. The maximum absolute atomic E-state index is 12.3. The molecular formula is C19H20Cl2N2O4S. The van der Waals surface area contributed by atoms with E-state index in [1.807, 2.05) is 0 Å². The largest absolute Gasteiger partial charge is 0.349 e. The van der Waals surface area contributed by atoms with Gasteiger partial charge in [-0.05, 0) is 43.7 Å². The summed E-state index contributed by atoms with van der Waals surface area (Å²) in [6, 6.07) is 10.4. The molecule has 0 aliphatic carbocycles. The fraction of sp³-hybridized carbons (Fsp3) is 0.263. The van der Waals surface area contributed by atoms with E-state index < -0.39 is 10.0 Å². The summed E-state index contributed by atoms with van der Waals surface area (Å²) in [5.41, 5.74) is 1.01. The molecule has 0 aliphatic heterocycles. The summed E-state index contributed by atoms with van der Waals surface area (Å²) in [4.78, 5) is 23.5. The normalized spacial score (nSPS) is 12.4.